The van der Waals surface area contributed by atoms with Crippen molar-refractivity contribution in [2.45, 2.75) is 25.6 Å². The standard InChI is InChI=1S/C23H23N5O5/c24-11-17-10-19(28(13-17)23(31)32)21(29)26-12-15-6-8-18(9-7-15)20(25)27-22(30)33-14-16-4-2-1-3-5-16/h1-9,17,19H,10,12-14H2,(H,26,29)(H,31,32)(H2,25,27,30)/t17-,19-/m0/s1. The lowest BCUT2D eigenvalue weighted by Crippen LogP contribution is -2.45. The van der Waals surface area contributed by atoms with E-state index < -0.39 is 30.1 Å². The number of carbonyl (C=O) groups excluding carboxylic acids is 2. The van der Waals surface area contributed by atoms with E-state index in [2.05, 4.69) is 10.6 Å². The van der Waals surface area contributed by atoms with E-state index >= 15 is 0 Å². The summed E-state index contributed by atoms with van der Waals surface area (Å²) in [4.78, 5) is 36.6. The van der Waals surface area contributed by atoms with Crippen molar-refractivity contribution < 1.29 is 24.2 Å². The van der Waals surface area contributed by atoms with Crippen molar-refractivity contribution in [1.82, 2.24) is 15.5 Å². The molecule has 0 spiro atoms. The number of amides is 3. The Morgan fingerprint density at radius 1 is 1.12 bits per heavy atom. The third kappa shape index (κ3) is 6.30. The van der Waals surface area contributed by atoms with Gasteiger partial charge in [0.2, 0.25) is 5.91 Å². The summed E-state index contributed by atoms with van der Waals surface area (Å²) in [7, 11) is 0. The fourth-order valence-corrected chi connectivity index (χ4v) is 3.42. The van der Waals surface area contributed by atoms with Crippen molar-refractivity contribution in [1.29, 1.82) is 10.7 Å². The van der Waals surface area contributed by atoms with E-state index in [9.17, 15) is 19.5 Å². The number of ether oxygens (including phenoxy) is 1. The maximum Gasteiger partial charge on any atom is 0.413 e. The van der Waals surface area contributed by atoms with Crippen molar-refractivity contribution in [3.05, 3.63) is 71.3 Å². The highest BCUT2D eigenvalue weighted by molar-refractivity contribution is 6.04. The molecule has 10 heteroatoms. The Morgan fingerprint density at radius 2 is 1.82 bits per heavy atom. The molecule has 1 aliphatic heterocycles. The predicted molar refractivity (Wildman–Crippen MR) is 117 cm³/mol. The largest absolute Gasteiger partial charge is 0.465 e. The Morgan fingerprint density at radius 3 is 2.45 bits per heavy atom. The van der Waals surface area contributed by atoms with E-state index in [1.807, 2.05) is 36.4 Å². The quantitative estimate of drug-likeness (QED) is 0.392. The first kappa shape index (κ1) is 23.3. The fourth-order valence-electron chi connectivity index (χ4n) is 3.42. The van der Waals surface area contributed by atoms with Gasteiger partial charge in [-0.3, -0.25) is 20.4 Å². The van der Waals surface area contributed by atoms with Gasteiger partial charge in [0.1, 0.15) is 18.5 Å². The molecule has 1 fully saturated rings. The fraction of sp³-hybridized carbons (Fsp3) is 0.261. The van der Waals surface area contributed by atoms with Crippen LogP contribution in [0.2, 0.25) is 0 Å². The topological polar surface area (TPSA) is 156 Å². The Hall–Kier alpha value is -4.39. The van der Waals surface area contributed by atoms with Crippen LogP contribution >= 0.6 is 0 Å². The van der Waals surface area contributed by atoms with E-state index in [1.165, 1.54) is 0 Å². The van der Waals surface area contributed by atoms with E-state index in [4.69, 9.17) is 15.4 Å². The van der Waals surface area contributed by atoms with Crippen LogP contribution in [0, 0.1) is 22.7 Å². The summed E-state index contributed by atoms with van der Waals surface area (Å²) in [5.41, 5.74) is 2.01. The van der Waals surface area contributed by atoms with Gasteiger partial charge in [0.15, 0.2) is 0 Å². The minimum absolute atomic E-state index is 0.0154. The van der Waals surface area contributed by atoms with Gasteiger partial charge in [0, 0.05) is 18.7 Å². The molecule has 0 saturated carbocycles. The predicted octanol–water partition coefficient (Wildman–Crippen LogP) is 2.45. The van der Waals surface area contributed by atoms with Crippen molar-refractivity contribution >= 4 is 23.9 Å². The van der Waals surface area contributed by atoms with Crippen molar-refractivity contribution in [2.75, 3.05) is 6.54 Å². The van der Waals surface area contributed by atoms with Crippen LogP contribution in [-0.2, 0) is 22.7 Å². The second-order valence-electron chi connectivity index (χ2n) is 7.49. The van der Waals surface area contributed by atoms with Crippen molar-refractivity contribution in [3.63, 3.8) is 0 Å². The summed E-state index contributed by atoms with van der Waals surface area (Å²) in [6, 6.07) is 16.9. The van der Waals surface area contributed by atoms with Crippen LogP contribution < -0.4 is 10.6 Å². The molecule has 3 rings (SSSR count). The van der Waals surface area contributed by atoms with Gasteiger partial charge in [-0.05, 0) is 17.5 Å². The second kappa shape index (κ2) is 10.8. The minimum Gasteiger partial charge on any atom is -0.465 e. The van der Waals surface area contributed by atoms with Crippen LogP contribution in [0.5, 0.6) is 0 Å². The van der Waals surface area contributed by atoms with E-state index in [0.29, 0.717) is 5.56 Å². The van der Waals surface area contributed by atoms with Gasteiger partial charge < -0.3 is 15.2 Å². The maximum atomic E-state index is 12.4. The average Bonchev–Trinajstić information content (AvgIpc) is 3.27. The smallest absolute Gasteiger partial charge is 0.413 e. The summed E-state index contributed by atoms with van der Waals surface area (Å²) < 4.78 is 5.09. The number of rotatable bonds is 6. The Bertz CT molecular complexity index is 1060. The number of hydrogen-bond acceptors (Lipinski definition) is 6. The van der Waals surface area contributed by atoms with Crippen LogP contribution in [-0.4, -0.2) is 46.5 Å². The zero-order valence-corrected chi connectivity index (χ0v) is 17.7. The molecule has 170 valence electrons. The number of benzene rings is 2. The minimum atomic E-state index is -1.23. The zero-order valence-electron chi connectivity index (χ0n) is 17.7. The summed E-state index contributed by atoms with van der Waals surface area (Å²) in [6.45, 7) is 0.260. The first-order valence-corrected chi connectivity index (χ1v) is 10.2. The number of hydrogen-bond donors (Lipinski definition) is 4. The highest BCUT2D eigenvalue weighted by atomic mass is 16.5. The molecule has 0 unspecified atom stereocenters. The Balaban J connectivity index is 1.48. The molecule has 3 amide bonds. The monoisotopic (exact) mass is 449 g/mol. The molecular formula is C23H23N5O5. The lowest BCUT2D eigenvalue weighted by molar-refractivity contribution is -0.125. The first-order valence-electron chi connectivity index (χ1n) is 10.2. The molecule has 1 aliphatic rings. The van der Waals surface area contributed by atoms with Gasteiger partial charge in [-0.2, -0.15) is 5.26 Å². The number of nitriles is 1. The number of alkyl carbamates (subject to hydrolysis) is 1. The number of nitrogens with zero attached hydrogens (tertiary/aromatic N) is 2. The van der Waals surface area contributed by atoms with Gasteiger partial charge in [-0.25, -0.2) is 9.59 Å². The van der Waals surface area contributed by atoms with Crippen LogP contribution in [0.15, 0.2) is 54.6 Å². The molecule has 2 atom stereocenters. The van der Waals surface area contributed by atoms with Crippen LogP contribution in [0.3, 0.4) is 0 Å². The molecular weight excluding hydrogens is 426 g/mol. The van der Waals surface area contributed by atoms with Crippen molar-refractivity contribution in [2.24, 2.45) is 5.92 Å². The SMILES string of the molecule is N#C[C@@H]1C[C@@H](C(=O)NCc2ccc(C(=N)NC(=O)OCc3ccccc3)cc2)N(C(=O)O)C1. The number of carbonyl (C=O) groups is 3. The molecule has 10 nitrogen and oxygen atoms in total. The first-order chi connectivity index (χ1) is 15.9. The average molecular weight is 449 g/mol. The highest BCUT2D eigenvalue weighted by Crippen LogP contribution is 2.23. The third-order valence-corrected chi connectivity index (χ3v) is 5.18. The number of carboxylic acid groups (broad SMARTS) is 1. The van der Waals surface area contributed by atoms with Crippen LogP contribution in [0.4, 0.5) is 9.59 Å². The summed E-state index contributed by atoms with van der Waals surface area (Å²) in [5.74, 6) is -1.10. The molecule has 0 radical (unpaired) electrons. The molecule has 0 bridgehead atoms. The Kier molecular flexibility index (Phi) is 7.60. The lowest BCUT2D eigenvalue weighted by atomic mass is 10.1. The highest BCUT2D eigenvalue weighted by Gasteiger charge is 2.39. The maximum absolute atomic E-state index is 12.4. The number of amidine groups is 1. The third-order valence-electron chi connectivity index (χ3n) is 5.18. The van der Waals surface area contributed by atoms with Gasteiger partial charge in [0.05, 0.1) is 12.0 Å². The van der Waals surface area contributed by atoms with E-state index in [-0.39, 0.29) is 32.0 Å². The van der Waals surface area contributed by atoms with Gasteiger partial charge in [0.25, 0.3) is 0 Å². The van der Waals surface area contributed by atoms with E-state index in [0.717, 1.165) is 16.0 Å². The van der Waals surface area contributed by atoms with Gasteiger partial charge in [-0.15, -0.1) is 0 Å². The van der Waals surface area contributed by atoms with Crippen LogP contribution in [0.25, 0.3) is 0 Å². The molecule has 0 aromatic heterocycles. The molecule has 33 heavy (non-hydrogen) atoms. The lowest BCUT2D eigenvalue weighted by Gasteiger charge is -2.20. The molecule has 2 aromatic rings. The summed E-state index contributed by atoms with van der Waals surface area (Å²) in [5, 5.41) is 31.4. The molecule has 4 N–H and O–H groups in total. The summed E-state index contributed by atoms with van der Waals surface area (Å²) in [6.07, 6.45) is -1.81. The second-order valence-corrected chi connectivity index (χ2v) is 7.49. The normalized spacial score (nSPS) is 17.0. The molecule has 1 saturated heterocycles. The van der Waals surface area contributed by atoms with Crippen molar-refractivity contribution in [3.8, 4) is 6.07 Å². The van der Waals surface area contributed by atoms with Gasteiger partial charge >= 0.3 is 12.2 Å². The summed E-state index contributed by atoms with van der Waals surface area (Å²) >= 11 is 0. The van der Waals surface area contributed by atoms with Gasteiger partial charge in [-0.1, -0.05) is 54.6 Å². The number of likely N-dealkylation sites (tertiary alicyclic amines) is 1. The zero-order chi connectivity index (χ0) is 23.8. The molecule has 1 heterocycles. The molecule has 2 aromatic carbocycles. The van der Waals surface area contributed by atoms with Crippen LogP contribution in [0.1, 0.15) is 23.1 Å². The number of nitrogens with one attached hydrogen (secondary N) is 3. The Labute approximate surface area is 190 Å². The molecule has 0 aliphatic carbocycles. The van der Waals surface area contributed by atoms with E-state index in [1.54, 1.807) is 24.3 Å².